The number of nitrogens with two attached hydrogens (primary N) is 1. The number of aryl methyl sites for hydroxylation is 1. The first-order valence-corrected chi connectivity index (χ1v) is 6.49. The summed E-state index contributed by atoms with van der Waals surface area (Å²) in [4.78, 5) is 2.34. The molecule has 0 amide bonds. The predicted octanol–water partition coefficient (Wildman–Crippen LogP) is 3.03. The van der Waals surface area contributed by atoms with E-state index in [1.807, 2.05) is 0 Å². The van der Waals surface area contributed by atoms with E-state index in [9.17, 15) is 0 Å². The third kappa shape index (κ3) is 3.22. The molecule has 0 radical (unpaired) electrons. The van der Waals surface area contributed by atoms with Crippen molar-refractivity contribution in [3.63, 3.8) is 0 Å². The number of rotatable bonds is 5. The van der Waals surface area contributed by atoms with Gasteiger partial charge in [-0.25, -0.2) is 0 Å². The van der Waals surface area contributed by atoms with Crippen molar-refractivity contribution in [2.45, 2.75) is 34.1 Å². The van der Waals surface area contributed by atoms with Crippen LogP contribution >= 0.6 is 0 Å². The maximum atomic E-state index is 5.78. The Bertz CT molecular complexity index is 367. The van der Waals surface area contributed by atoms with E-state index in [4.69, 9.17) is 5.73 Å². The molecule has 0 bridgehead atoms. The highest BCUT2D eigenvalue weighted by atomic mass is 15.1. The molecular weight excluding hydrogens is 208 g/mol. The van der Waals surface area contributed by atoms with E-state index in [1.165, 1.54) is 22.4 Å². The molecule has 0 spiro atoms. The lowest BCUT2D eigenvalue weighted by molar-refractivity contribution is 0.520. The minimum atomic E-state index is 0.584. The molecule has 0 saturated heterocycles. The van der Waals surface area contributed by atoms with Gasteiger partial charge in [0, 0.05) is 19.3 Å². The molecule has 1 rings (SSSR count). The van der Waals surface area contributed by atoms with Gasteiger partial charge in [-0.1, -0.05) is 19.4 Å². The fraction of sp³-hybridized carbons (Fsp3) is 0.600. The molecule has 1 aromatic rings. The molecule has 0 aliphatic heterocycles. The highest BCUT2D eigenvalue weighted by molar-refractivity contribution is 5.57. The molecule has 1 atom stereocenters. The predicted molar refractivity (Wildman–Crippen MR) is 76.8 cm³/mol. The Kier molecular flexibility index (Phi) is 5.01. The van der Waals surface area contributed by atoms with Crippen molar-refractivity contribution < 1.29 is 0 Å². The van der Waals surface area contributed by atoms with Crippen molar-refractivity contribution in [2.75, 3.05) is 25.0 Å². The van der Waals surface area contributed by atoms with Crippen LogP contribution in [0.3, 0.4) is 0 Å². The van der Waals surface area contributed by atoms with Gasteiger partial charge >= 0.3 is 0 Å². The zero-order chi connectivity index (χ0) is 13.0. The SMILES string of the molecule is CCC(CN)CN(C)c1ccc(C)c(C)c1C. The van der Waals surface area contributed by atoms with Crippen LogP contribution in [0.1, 0.15) is 30.0 Å². The normalized spacial score (nSPS) is 12.6. The Hall–Kier alpha value is -1.02. The van der Waals surface area contributed by atoms with Crippen molar-refractivity contribution in [2.24, 2.45) is 11.7 Å². The van der Waals surface area contributed by atoms with Gasteiger partial charge in [-0.05, 0) is 56.0 Å². The number of hydrogen-bond acceptors (Lipinski definition) is 2. The third-order valence-corrected chi connectivity index (χ3v) is 3.88. The van der Waals surface area contributed by atoms with Crippen LogP contribution in [-0.4, -0.2) is 20.1 Å². The van der Waals surface area contributed by atoms with Gasteiger partial charge in [0.1, 0.15) is 0 Å². The van der Waals surface area contributed by atoms with Crippen molar-refractivity contribution in [1.29, 1.82) is 0 Å². The molecule has 0 aliphatic rings. The van der Waals surface area contributed by atoms with E-state index in [1.54, 1.807) is 0 Å². The average molecular weight is 234 g/mol. The Balaban J connectivity index is 2.89. The first-order chi connectivity index (χ1) is 8.01. The van der Waals surface area contributed by atoms with Crippen LogP contribution in [-0.2, 0) is 0 Å². The fourth-order valence-corrected chi connectivity index (χ4v) is 2.21. The summed E-state index contributed by atoms with van der Waals surface area (Å²) in [5.74, 6) is 0.584. The Morgan fingerprint density at radius 3 is 2.35 bits per heavy atom. The summed E-state index contributed by atoms with van der Waals surface area (Å²) in [5.41, 5.74) is 11.3. The summed E-state index contributed by atoms with van der Waals surface area (Å²) in [6.45, 7) is 10.6. The van der Waals surface area contributed by atoms with E-state index < -0.39 is 0 Å². The van der Waals surface area contributed by atoms with Gasteiger partial charge in [0.2, 0.25) is 0 Å². The van der Waals surface area contributed by atoms with E-state index in [2.05, 4.69) is 51.8 Å². The largest absolute Gasteiger partial charge is 0.374 e. The van der Waals surface area contributed by atoms with Crippen LogP contribution in [0.15, 0.2) is 12.1 Å². The monoisotopic (exact) mass is 234 g/mol. The zero-order valence-electron chi connectivity index (χ0n) is 11.9. The van der Waals surface area contributed by atoms with Crippen molar-refractivity contribution in [3.05, 3.63) is 28.8 Å². The van der Waals surface area contributed by atoms with Crippen LogP contribution in [0.25, 0.3) is 0 Å². The van der Waals surface area contributed by atoms with Gasteiger partial charge in [0.15, 0.2) is 0 Å². The molecule has 96 valence electrons. The number of benzene rings is 1. The summed E-state index contributed by atoms with van der Waals surface area (Å²) in [7, 11) is 2.16. The second-order valence-corrected chi connectivity index (χ2v) is 5.04. The molecule has 0 saturated carbocycles. The second-order valence-electron chi connectivity index (χ2n) is 5.04. The maximum absolute atomic E-state index is 5.78. The van der Waals surface area contributed by atoms with E-state index in [0.717, 1.165) is 19.5 Å². The Morgan fingerprint density at radius 1 is 1.18 bits per heavy atom. The van der Waals surface area contributed by atoms with Crippen LogP contribution in [0.4, 0.5) is 5.69 Å². The maximum Gasteiger partial charge on any atom is 0.0396 e. The summed E-state index contributed by atoms with van der Waals surface area (Å²) in [6.07, 6.45) is 1.14. The lowest BCUT2D eigenvalue weighted by Gasteiger charge is -2.27. The molecule has 1 unspecified atom stereocenters. The number of hydrogen-bond donors (Lipinski definition) is 1. The van der Waals surface area contributed by atoms with Gasteiger partial charge in [-0.2, -0.15) is 0 Å². The average Bonchev–Trinajstić information content (AvgIpc) is 2.32. The zero-order valence-corrected chi connectivity index (χ0v) is 11.9. The van der Waals surface area contributed by atoms with Crippen molar-refractivity contribution in [3.8, 4) is 0 Å². The lowest BCUT2D eigenvalue weighted by atomic mass is 10.0. The number of anilines is 1. The summed E-state index contributed by atoms with van der Waals surface area (Å²) >= 11 is 0. The molecule has 17 heavy (non-hydrogen) atoms. The molecule has 0 aliphatic carbocycles. The smallest absolute Gasteiger partial charge is 0.0396 e. The molecule has 1 aromatic carbocycles. The minimum Gasteiger partial charge on any atom is -0.374 e. The van der Waals surface area contributed by atoms with E-state index in [0.29, 0.717) is 5.92 Å². The van der Waals surface area contributed by atoms with Crippen molar-refractivity contribution >= 4 is 5.69 Å². The van der Waals surface area contributed by atoms with Gasteiger partial charge in [0.05, 0.1) is 0 Å². The van der Waals surface area contributed by atoms with Crippen LogP contribution in [0.5, 0.6) is 0 Å². The third-order valence-electron chi connectivity index (χ3n) is 3.88. The van der Waals surface area contributed by atoms with Crippen LogP contribution in [0, 0.1) is 26.7 Å². The minimum absolute atomic E-state index is 0.584. The van der Waals surface area contributed by atoms with Gasteiger partial charge in [-0.15, -0.1) is 0 Å². The first-order valence-electron chi connectivity index (χ1n) is 6.49. The van der Waals surface area contributed by atoms with Crippen LogP contribution < -0.4 is 10.6 Å². The molecule has 0 aromatic heterocycles. The van der Waals surface area contributed by atoms with Crippen molar-refractivity contribution in [1.82, 2.24) is 0 Å². The highest BCUT2D eigenvalue weighted by Crippen LogP contribution is 2.25. The Morgan fingerprint density at radius 2 is 1.82 bits per heavy atom. The van der Waals surface area contributed by atoms with E-state index >= 15 is 0 Å². The Labute approximate surface area is 106 Å². The lowest BCUT2D eigenvalue weighted by Crippen LogP contribution is -2.30. The molecular formula is C15H26N2. The van der Waals surface area contributed by atoms with Gasteiger partial charge in [0.25, 0.3) is 0 Å². The summed E-state index contributed by atoms with van der Waals surface area (Å²) in [5, 5.41) is 0. The van der Waals surface area contributed by atoms with Gasteiger partial charge < -0.3 is 10.6 Å². The summed E-state index contributed by atoms with van der Waals surface area (Å²) < 4.78 is 0. The fourth-order valence-electron chi connectivity index (χ4n) is 2.21. The van der Waals surface area contributed by atoms with Crippen LogP contribution in [0.2, 0.25) is 0 Å². The molecule has 2 N–H and O–H groups in total. The van der Waals surface area contributed by atoms with E-state index in [-0.39, 0.29) is 0 Å². The molecule has 0 fully saturated rings. The highest BCUT2D eigenvalue weighted by Gasteiger charge is 2.12. The first kappa shape index (κ1) is 14.0. The summed E-state index contributed by atoms with van der Waals surface area (Å²) in [6, 6.07) is 4.43. The number of nitrogens with zero attached hydrogens (tertiary/aromatic N) is 1. The quantitative estimate of drug-likeness (QED) is 0.848. The standard InChI is InChI=1S/C15H26N2/c1-6-14(9-16)10-17(5)15-8-7-11(2)12(3)13(15)4/h7-8,14H,6,9-10,16H2,1-5H3. The molecule has 0 heterocycles. The topological polar surface area (TPSA) is 29.3 Å². The molecule has 2 nitrogen and oxygen atoms in total. The van der Waals surface area contributed by atoms with Gasteiger partial charge in [-0.3, -0.25) is 0 Å². The second kappa shape index (κ2) is 6.06. The molecule has 2 heteroatoms.